The fourth-order valence-corrected chi connectivity index (χ4v) is 0.643. The van der Waals surface area contributed by atoms with Gasteiger partial charge in [-0.25, -0.2) is 4.68 Å². The smallest absolute Gasteiger partial charge is 0.139 e. The lowest BCUT2D eigenvalue weighted by Crippen LogP contribution is -1.93. The molecule has 0 spiro atoms. The third-order valence-corrected chi connectivity index (χ3v) is 1.18. The Morgan fingerprint density at radius 3 is 3.22 bits per heavy atom. The summed E-state index contributed by atoms with van der Waals surface area (Å²) in [5.41, 5.74) is 0. The largest absolute Gasteiger partial charge is 0.221 e. The Hall–Kier alpha value is -1.09. The Labute approximate surface area is 55.7 Å². The van der Waals surface area contributed by atoms with Gasteiger partial charge in [0.2, 0.25) is 0 Å². The molecule has 0 aromatic carbocycles. The van der Waals surface area contributed by atoms with Crippen molar-refractivity contribution in [2.45, 2.75) is 5.88 Å². The van der Waals surface area contributed by atoms with Gasteiger partial charge in [-0.2, -0.15) is 5.26 Å². The van der Waals surface area contributed by atoms with Gasteiger partial charge in [-0.3, -0.25) is 0 Å². The Morgan fingerprint density at radius 1 is 1.78 bits per heavy atom. The summed E-state index contributed by atoms with van der Waals surface area (Å²) in [5.74, 6) is 0.490. The van der Waals surface area contributed by atoms with E-state index >= 15 is 0 Å². The lowest BCUT2D eigenvalue weighted by atomic mass is 11.2. The summed E-state index contributed by atoms with van der Waals surface area (Å²) in [4.78, 5) is 0. The van der Waals surface area contributed by atoms with E-state index in [1.165, 1.54) is 11.0 Å². The van der Waals surface area contributed by atoms with Crippen molar-refractivity contribution < 1.29 is 0 Å². The molecule has 0 aliphatic rings. The second-order valence-electron chi connectivity index (χ2n) is 1.21. The van der Waals surface area contributed by atoms with Gasteiger partial charge in [-0.15, -0.1) is 5.10 Å². The first-order valence-electron chi connectivity index (χ1n) is 2.15. The fraction of sp³-hybridized carbons (Fsp3) is 0.333. The van der Waals surface area contributed by atoms with Crippen molar-refractivity contribution in [2.75, 3.05) is 0 Å². The van der Waals surface area contributed by atoms with E-state index in [4.69, 9.17) is 5.26 Å². The van der Waals surface area contributed by atoms with Crippen molar-refractivity contribution in [1.82, 2.24) is 20.2 Å². The van der Waals surface area contributed by atoms with E-state index in [1.54, 1.807) is 0 Å². The van der Waals surface area contributed by atoms with Crippen molar-refractivity contribution in [3.8, 4) is 5.40 Å². The summed E-state index contributed by atoms with van der Waals surface area (Å²) in [6.45, 7) is 0. The third kappa shape index (κ3) is 1.70. The van der Waals surface area contributed by atoms with Crippen LogP contribution in [0.5, 0.6) is 0 Å². The minimum Gasteiger partial charge on any atom is -0.221 e. The molecule has 0 aliphatic heterocycles. The molecule has 6 heteroatoms. The van der Waals surface area contributed by atoms with Crippen LogP contribution in [-0.4, -0.2) is 20.2 Å². The summed E-state index contributed by atoms with van der Waals surface area (Å²) in [6.07, 6.45) is 1.46. The van der Waals surface area contributed by atoms with Crippen molar-refractivity contribution in [3.63, 3.8) is 0 Å². The van der Waals surface area contributed by atoms with Crippen molar-refractivity contribution in [1.29, 1.82) is 5.26 Å². The van der Waals surface area contributed by atoms with E-state index in [2.05, 4.69) is 15.5 Å². The van der Waals surface area contributed by atoms with Crippen LogP contribution in [0.25, 0.3) is 0 Å². The molecular formula is C3H3N5S. The first-order chi connectivity index (χ1) is 4.43. The van der Waals surface area contributed by atoms with Crippen molar-refractivity contribution in [3.05, 3.63) is 6.33 Å². The molecule has 5 nitrogen and oxygen atoms in total. The van der Waals surface area contributed by atoms with Gasteiger partial charge < -0.3 is 0 Å². The highest BCUT2D eigenvalue weighted by atomic mass is 32.2. The average molecular weight is 141 g/mol. The number of nitriles is 1. The first-order valence-corrected chi connectivity index (χ1v) is 3.13. The Morgan fingerprint density at radius 2 is 2.67 bits per heavy atom. The van der Waals surface area contributed by atoms with Crippen LogP contribution < -0.4 is 0 Å². The number of thiocyanates is 1. The molecule has 0 aliphatic carbocycles. The van der Waals surface area contributed by atoms with E-state index in [-0.39, 0.29) is 0 Å². The van der Waals surface area contributed by atoms with Gasteiger partial charge in [0.15, 0.2) is 0 Å². The maximum Gasteiger partial charge on any atom is 0.139 e. The van der Waals surface area contributed by atoms with Crippen LogP contribution in [0.4, 0.5) is 0 Å². The van der Waals surface area contributed by atoms with Crippen LogP contribution in [0.1, 0.15) is 0 Å². The zero-order valence-electron chi connectivity index (χ0n) is 4.43. The molecule has 1 rings (SSSR count). The minimum atomic E-state index is 0.490. The molecule has 0 unspecified atom stereocenters. The predicted molar refractivity (Wildman–Crippen MR) is 31.0 cm³/mol. The van der Waals surface area contributed by atoms with Crippen molar-refractivity contribution >= 4 is 11.8 Å². The lowest BCUT2D eigenvalue weighted by Gasteiger charge is -1.86. The molecule has 0 saturated heterocycles. The van der Waals surface area contributed by atoms with E-state index in [1.807, 2.05) is 5.40 Å². The summed E-state index contributed by atoms with van der Waals surface area (Å²) < 4.78 is 1.48. The van der Waals surface area contributed by atoms with E-state index in [9.17, 15) is 0 Å². The second kappa shape index (κ2) is 3.04. The Kier molecular flexibility index (Phi) is 2.04. The maximum absolute atomic E-state index is 8.10. The number of nitrogens with zero attached hydrogens (tertiary/aromatic N) is 5. The molecule has 1 aromatic rings. The van der Waals surface area contributed by atoms with Crippen LogP contribution in [0.3, 0.4) is 0 Å². The summed E-state index contributed by atoms with van der Waals surface area (Å²) in [5, 5.41) is 20.3. The van der Waals surface area contributed by atoms with Gasteiger partial charge in [-0.1, -0.05) is 0 Å². The van der Waals surface area contributed by atoms with Gasteiger partial charge in [0, 0.05) is 0 Å². The second-order valence-corrected chi connectivity index (χ2v) is 1.94. The van der Waals surface area contributed by atoms with Gasteiger partial charge in [0.1, 0.15) is 17.6 Å². The van der Waals surface area contributed by atoms with Gasteiger partial charge >= 0.3 is 0 Å². The normalized spacial score (nSPS) is 8.78. The van der Waals surface area contributed by atoms with Gasteiger partial charge in [-0.05, 0) is 22.2 Å². The fourth-order valence-electron chi connectivity index (χ4n) is 0.334. The molecule has 9 heavy (non-hydrogen) atoms. The third-order valence-electron chi connectivity index (χ3n) is 0.653. The molecule has 46 valence electrons. The number of hydrogen-bond donors (Lipinski definition) is 0. The standard InChI is InChI=1S/C3H3N5S/c4-1-9-3-8-2-5-6-7-8/h2H,3H2. The molecule has 0 N–H and O–H groups in total. The number of hydrogen-bond acceptors (Lipinski definition) is 5. The monoisotopic (exact) mass is 141 g/mol. The quantitative estimate of drug-likeness (QED) is 0.535. The summed E-state index contributed by atoms with van der Waals surface area (Å²) >= 11 is 1.09. The molecule has 0 fully saturated rings. The molecular weight excluding hydrogens is 138 g/mol. The molecule has 0 atom stereocenters. The van der Waals surface area contributed by atoms with Crippen LogP contribution in [0, 0.1) is 10.7 Å². The maximum atomic E-state index is 8.10. The molecule has 1 heterocycles. The highest BCUT2D eigenvalue weighted by Gasteiger charge is 1.88. The van der Waals surface area contributed by atoms with E-state index in [0.717, 1.165) is 11.8 Å². The summed E-state index contributed by atoms with van der Waals surface area (Å²) in [7, 11) is 0. The predicted octanol–water partition coefficient (Wildman–Crippen LogP) is -0.155. The number of aromatic nitrogens is 4. The highest BCUT2D eigenvalue weighted by Crippen LogP contribution is 1.97. The van der Waals surface area contributed by atoms with Crippen LogP contribution in [0.15, 0.2) is 6.33 Å². The van der Waals surface area contributed by atoms with Crippen molar-refractivity contribution in [2.24, 2.45) is 0 Å². The van der Waals surface area contributed by atoms with Gasteiger partial charge in [0.25, 0.3) is 0 Å². The first kappa shape index (κ1) is 6.04. The SMILES string of the molecule is N#CSCn1cnnn1. The number of rotatable bonds is 2. The zero-order valence-corrected chi connectivity index (χ0v) is 5.25. The molecule has 0 bridgehead atoms. The average Bonchev–Trinajstić information content (AvgIpc) is 2.34. The Bertz CT molecular complexity index is 198. The van der Waals surface area contributed by atoms with Crippen LogP contribution in [0.2, 0.25) is 0 Å². The number of tetrazole rings is 1. The number of thioether (sulfide) groups is 1. The summed E-state index contributed by atoms with van der Waals surface area (Å²) in [6, 6.07) is 0. The molecule has 0 amide bonds. The highest BCUT2D eigenvalue weighted by molar-refractivity contribution is 8.02. The van der Waals surface area contributed by atoms with E-state index < -0.39 is 0 Å². The van der Waals surface area contributed by atoms with Crippen LogP contribution >= 0.6 is 11.8 Å². The molecule has 0 radical (unpaired) electrons. The van der Waals surface area contributed by atoms with E-state index in [0.29, 0.717) is 5.88 Å². The zero-order chi connectivity index (χ0) is 6.53. The molecule has 1 aromatic heterocycles. The van der Waals surface area contributed by atoms with Crippen LogP contribution in [-0.2, 0) is 5.88 Å². The topological polar surface area (TPSA) is 67.4 Å². The minimum absolute atomic E-state index is 0.490. The van der Waals surface area contributed by atoms with Gasteiger partial charge in [0.05, 0.1) is 0 Å². The molecule has 0 saturated carbocycles. The lowest BCUT2D eigenvalue weighted by molar-refractivity contribution is 0.699. The Balaban J connectivity index is 2.41.